The molecule has 14 nitrogen and oxygen atoms in total. The van der Waals surface area contributed by atoms with Gasteiger partial charge in [0, 0.05) is 30.6 Å². The molecule has 36 heavy (non-hydrogen) atoms. The Morgan fingerprint density at radius 1 is 0.833 bits per heavy atom. The lowest BCUT2D eigenvalue weighted by atomic mass is 9.99. The van der Waals surface area contributed by atoms with E-state index >= 15 is 0 Å². The second kappa shape index (κ2) is 14.1. The molecule has 14 heteroatoms. The lowest BCUT2D eigenvalue weighted by molar-refractivity contribution is -0.300. The van der Waals surface area contributed by atoms with E-state index in [9.17, 15) is 40.2 Å². The minimum Gasteiger partial charge on any atom is -0.459 e. The Kier molecular flexibility index (Phi) is 11.8. The largest absolute Gasteiger partial charge is 0.459 e. The maximum atomic E-state index is 12.3. The average Bonchev–Trinajstić information content (AvgIpc) is 2.86. The molecule has 2 aliphatic heterocycles. The van der Waals surface area contributed by atoms with Crippen molar-refractivity contribution in [1.29, 1.82) is 0 Å². The van der Waals surface area contributed by atoms with E-state index in [0.29, 0.717) is 0 Å². The van der Waals surface area contributed by atoms with Gasteiger partial charge in [0.2, 0.25) is 0 Å². The maximum Gasteiger partial charge on any atom is 0.333 e. The Hall–Kier alpha value is -1.98. The third-order valence-corrected chi connectivity index (χ3v) is 5.75. The van der Waals surface area contributed by atoms with Crippen LogP contribution in [0.3, 0.4) is 0 Å². The number of ether oxygens (including phenoxy) is 5. The van der Waals surface area contributed by atoms with Gasteiger partial charge in [0.1, 0.15) is 49.3 Å². The fourth-order valence-electron chi connectivity index (χ4n) is 3.43. The molecular formula is C22H34O14. The number of carbonyl (C=O) groups excluding carboxylic acids is 2. The van der Waals surface area contributed by atoms with Crippen LogP contribution in [-0.2, 0) is 33.3 Å². The number of hydrogen-bond donors (Lipinski definition) is 7. The SMILES string of the molecule is C=C(CCO)C(=O)OC[C@@H]1OC[C@@H](OC(=O)C(=C)CCO[C@@H]2O[C@H](CO)[C@@H](O)[C@H](O)[C@H]2O)[C@@H](O)[C@@H]1O. The highest BCUT2D eigenvalue weighted by molar-refractivity contribution is 5.88. The molecule has 0 saturated carbocycles. The molecule has 0 aromatic heterocycles. The second-order valence-electron chi connectivity index (χ2n) is 8.39. The molecule has 2 heterocycles. The molecule has 0 unspecified atom stereocenters. The molecule has 0 aromatic carbocycles. The van der Waals surface area contributed by atoms with E-state index in [1.165, 1.54) is 0 Å². The van der Waals surface area contributed by atoms with Gasteiger partial charge in [0.15, 0.2) is 12.4 Å². The quantitative estimate of drug-likeness (QED) is 0.0967. The molecule has 2 rings (SSSR count). The smallest absolute Gasteiger partial charge is 0.333 e. The van der Waals surface area contributed by atoms with Crippen LogP contribution in [0.4, 0.5) is 0 Å². The summed E-state index contributed by atoms with van der Waals surface area (Å²) in [4.78, 5) is 24.1. The Balaban J connectivity index is 1.76. The van der Waals surface area contributed by atoms with Crippen LogP contribution < -0.4 is 0 Å². The summed E-state index contributed by atoms with van der Waals surface area (Å²) in [5.74, 6) is -1.71. The molecule has 0 aromatic rings. The zero-order valence-electron chi connectivity index (χ0n) is 19.5. The van der Waals surface area contributed by atoms with Gasteiger partial charge in [-0.3, -0.25) is 0 Å². The molecule has 7 N–H and O–H groups in total. The highest BCUT2D eigenvalue weighted by atomic mass is 16.7. The van der Waals surface area contributed by atoms with Crippen LogP contribution in [0.25, 0.3) is 0 Å². The first-order chi connectivity index (χ1) is 17.0. The lowest BCUT2D eigenvalue weighted by Gasteiger charge is -2.39. The molecule has 206 valence electrons. The van der Waals surface area contributed by atoms with Gasteiger partial charge in [0.25, 0.3) is 0 Å². The van der Waals surface area contributed by atoms with E-state index in [1.54, 1.807) is 0 Å². The van der Waals surface area contributed by atoms with Crippen molar-refractivity contribution in [3.63, 3.8) is 0 Å². The molecule has 2 aliphatic rings. The van der Waals surface area contributed by atoms with Crippen molar-refractivity contribution in [2.24, 2.45) is 0 Å². The van der Waals surface area contributed by atoms with Crippen molar-refractivity contribution in [3.8, 4) is 0 Å². The first kappa shape index (κ1) is 30.2. The first-order valence-corrected chi connectivity index (χ1v) is 11.3. The average molecular weight is 523 g/mol. The number of hydrogen-bond acceptors (Lipinski definition) is 14. The van der Waals surface area contributed by atoms with Crippen LogP contribution in [0.1, 0.15) is 12.8 Å². The maximum absolute atomic E-state index is 12.3. The van der Waals surface area contributed by atoms with Gasteiger partial charge in [-0.15, -0.1) is 0 Å². The van der Waals surface area contributed by atoms with Crippen molar-refractivity contribution in [3.05, 3.63) is 24.3 Å². The van der Waals surface area contributed by atoms with Crippen LogP contribution in [-0.4, -0.2) is 136 Å². The second-order valence-corrected chi connectivity index (χ2v) is 8.39. The topological polar surface area (TPSA) is 222 Å². The van der Waals surface area contributed by atoms with Crippen LogP contribution in [0, 0.1) is 0 Å². The number of esters is 2. The van der Waals surface area contributed by atoms with Gasteiger partial charge in [-0.05, 0) is 0 Å². The third kappa shape index (κ3) is 7.76. The summed E-state index contributed by atoms with van der Waals surface area (Å²) < 4.78 is 25.9. The van der Waals surface area contributed by atoms with Gasteiger partial charge in [0.05, 0.1) is 19.8 Å². The summed E-state index contributed by atoms with van der Waals surface area (Å²) in [7, 11) is 0. The Labute approximate surface area is 206 Å². The van der Waals surface area contributed by atoms with Crippen molar-refractivity contribution in [1.82, 2.24) is 0 Å². The fraction of sp³-hybridized carbons (Fsp3) is 0.727. The summed E-state index contributed by atoms with van der Waals surface area (Å²) in [6.07, 6.45) is -12.8. The highest BCUT2D eigenvalue weighted by Crippen LogP contribution is 2.23. The van der Waals surface area contributed by atoms with Crippen molar-refractivity contribution in [2.45, 2.75) is 68.0 Å². The highest BCUT2D eigenvalue weighted by Gasteiger charge is 2.44. The Bertz CT molecular complexity index is 770. The standard InChI is InChI=1S/C22H34O14/c1-10(3-5-23)20(30)34-8-13-16(26)17(27)14(9-33-13)35-21(31)11(2)4-6-32-22-19(29)18(28)15(25)12(7-24)36-22/h12-19,22-29H,1-9H2/t12-,13+,14-,15-,16-,17-,18+,19-,22-/m1/s1. The van der Waals surface area contributed by atoms with E-state index in [0.717, 1.165) is 0 Å². The van der Waals surface area contributed by atoms with Gasteiger partial charge >= 0.3 is 11.9 Å². The molecule has 0 amide bonds. The van der Waals surface area contributed by atoms with E-state index in [4.69, 9.17) is 28.8 Å². The number of carbonyl (C=O) groups is 2. The summed E-state index contributed by atoms with van der Waals surface area (Å²) in [5, 5.41) is 68.0. The molecule has 0 aliphatic carbocycles. The first-order valence-electron chi connectivity index (χ1n) is 11.3. The lowest BCUT2D eigenvalue weighted by Crippen LogP contribution is -2.59. The Morgan fingerprint density at radius 3 is 2.11 bits per heavy atom. The minimum atomic E-state index is -1.61. The molecular weight excluding hydrogens is 488 g/mol. The molecule has 0 radical (unpaired) electrons. The normalized spacial score (nSPS) is 34.6. The molecule has 2 fully saturated rings. The van der Waals surface area contributed by atoms with Crippen molar-refractivity contribution < 1.29 is 69.0 Å². The van der Waals surface area contributed by atoms with E-state index in [2.05, 4.69) is 13.2 Å². The predicted octanol–water partition coefficient (Wildman–Crippen LogP) is -3.74. The fourth-order valence-corrected chi connectivity index (χ4v) is 3.43. The number of aliphatic hydroxyl groups is 7. The summed E-state index contributed by atoms with van der Waals surface area (Å²) in [6, 6.07) is 0. The monoisotopic (exact) mass is 522 g/mol. The van der Waals surface area contributed by atoms with Crippen LogP contribution in [0.2, 0.25) is 0 Å². The van der Waals surface area contributed by atoms with Crippen LogP contribution in [0.15, 0.2) is 24.3 Å². The van der Waals surface area contributed by atoms with Gasteiger partial charge in [-0.25, -0.2) is 9.59 Å². The number of rotatable bonds is 12. The van der Waals surface area contributed by atoms with Crippen LogP contribution >= 0.6 is 0 Å². The van der Waals surface area contributed by atoms with Crippen molar-refractivity contribution in [2.75, 3.05) is 33.0 Å². The van der Waals surface area contributed by atoms with E-state index in [-0.39, 0.29) is 43.8 Å². The van der Waals surface area contributed by atoms with E-state index in [1.807, 2.05) is 0 Å². The van der Waals surface area contributed by atoms with E-state index < -0.39 is 80.3 Å². The Morgan fingerprint density at radius 2 is 1.47 bits per heavy atom. The predicted molar refractivity (Wildman–Crippen MR) is 117 cm³/mol. The molecule has 0 spiro atoms. The third-order valence-electron chi connectivity index (χ3n) is 5.75. The van der Waals surface area contributed by atoms with Gasteiger partial charge in [-0.1, -0.05) is 13.2 Å². The molecule has 2 saturated heterocycles. The van der Waals surface area contributed by atoms with Gasteiger partial charge in [-0.2, -0.15) is 0 Å². The minimum absolute atomic E-state index is 0.0189. The molecule has 0 bridgehead atoms. The zero-order chi connectivity index (χ0) is 27.0. The number of aliphatic hydroxyl groups excluding tert-OH is 7. The van der Waals surface area contributed by atoms with Crippen molar-refractivity contribution >= 4 is 11.9 Å². The van der Waals surface area contributed by atoms with Crippen LogP contribution in [0.5, 0.6) is 0 Å². The molecule has 9 atom stereocenters. The summed E-state index contributed by atoms with van der Waals surface area (Å²) in [6.45, 7) is 5.20. The summed E-state index contributed by atoms with van der Waals surface area (Å²) in [5.41, 5.74) is -0.0519. The van der Waals surface area contributed by atoms with Gasteiger partial charge < -0.3 is 59.4 Å². The summed E-state index contributed by atoms with van der Waals surface area (Å²) >= 11 is 0. The zero-order valence-corrected chi connectivity index (χ0v) is 19.5.